The van der Waals surface area contributed by atoms with Gasteiger partial charge in [-0.25, -0.2) is 0 Å². The van der Waals surface area contributed by atoms with Crippen LogP contribution in [0.5, 0.6) is 0 Å². The van der Waals surface area contributed by atoms with E-state index >= 15 is 0 Å². The molecule has 3 saturated carbocycles. The van der Waals surface area contributed by atoms with Crippen molar-refractivity contribution in [2.24, 2.45) is 47.3 Å². The molecule has 0 heterocycles. The minimum atomic E-state index is 1.10. The van der Waals surface area contributed by atoms with Gasteiger partial charge in [0.15, 0.2) is 0 Å². The molecule has 0 aromatic rings. The highest BCUT2D eigenvalue weighted by Crippen LogP contribution is 2.71. The molecule has 0 aliphatic heterocycles. The van der Waals surface area contributed by atoms with Gasteiger partial charge in [-0.3, -0.25) is 0 Å². The fourth-order valence-electron chi connectivity index (χ4n) is 6.75. The minimum Gasteiger partial charge on any atom is -0.0651 e. The quantitative estimate of drug-likeness (QED) is 0.643. The minimum absolute atomic E-state index is 1.10. The molecule has 3 aliphatic carbocycles. The maximum absolute atomic E-state index is 2.44. The Morgan fingerprint density at radius 3 is 1.24 bits per heavy atom. The van der Waals surface area contributed by atoms with Gasteiger partial charge in [-0.05, 0) is 53.8 Å². The van der Waals surface area contributed by atoms with Crippen LogP contribution in [0.3, 0.4) is 0 Å². The normalized spacial score (nSPS) is 55.8. The van der Waals surface area contributed by atoms with Crippen molar-refractivity contribution in [2.75, 3.05) is 0 Å². The molecule has 3 aliphatic rings. The summed E-state index contributed by atoms with van der Waals surface area (Å²) >= 11 is 0. The Labute approximate surface area is 108 Å². The summed E-state index contributed by atoms with van der Waals surface area (Å²) < 4.78 is 0. The molecule has 0 aromatic heterocycles. The van der Waals surface area contributed by atoms with Gasteiger partial charge in [-0.1, -0.05) is 53.4 Å². The second-order valence-electron chi connectivity index (χ2n) is 7.01. The van der Waals surface area contributed by atoms with E-state index in [0.717, 1.165) is 47.3 Å². The molecule has 8 unspecified atom stereocenters. The predicted molar refractivity (Wildman–Crippen MR) is 73.7 cm³/mol. The molecule has 3 rings (SSSR count). The van der Waals surface area contributed by atoms with Crippen molar-refractivity contribution in [1.82, 2.24) is 0 Å². The molecule has 0 radical (unpaired) electrons. The van der Waals surface area contributed by atoms with Gasteiger partial charge in [0.05, 0.1) is 0 Å². The molecule has 0 amide bonds. The van der Waals surface area contributed by atoms with Gasteiger partial charge in [0.25, 0.3) is 0 Å². The summed E-state index contributed by atoms with van der Waals surface area (Å²) in [5.41, 5.74) is 0. The van der Waals surface area contributed by atoms with Gasteiger partial charge in [0, 0.05) is 0 Å². The van der Waals surface area contributed by atoms with Crippen molar-refractivity contribution in [2.45, 2.75) is 59.8 Å². The summed E-state index contributed by atoms with van der Waals surface area (Å²) in [7, 11) is 0. The van der Waals surface area contributed by atoms with Crippen LogP contribution in [0.1, 0.15) is 59.8 Å². The predicted octanol–water partition coefficient (Wildman–Crippen LogP) is 4.99. The molecule has 98 valence electrons. The van der Waals surface area contributed by atoms with Crippen LogP contribution >= 0.6 is 0 Å². The van der Waals surface area contributed by atoms with E-state index in [4.69, 9.17) is 0 Å². The highest BCUT2D eigenvalue weighted by Gasteiger charge is 2.65. The second kappa shape index (κ2) is 4.28. The van der Waals surface area contributed by atoms with Crippen LogP contribution in [0.2, 0.25) is 0 Å². The zero-order valence-electron chi connectivity index (χ0n) is 12.2. The Balaban J connectivity index is 1.83. The highest BCUT2D eigenvalue weighted by atomic mass is 14.7. The lowest BCUT2D eigenvalue weighted by Crippen LogP contribution is -2.53. The molecule has 2 bridgehead atoms. The fourth-order valence-corrected chi connectivity index (χ4v) is 6.75. The molecule has 3 fully saturated rings. The first-order valence-corrected chi connectivity index (χ1v) is 8.28. The summed E-state index contributed by atoms with van der Waals surface area (Å²) in [5.74, 6) is 8.97. The van der Waals surface area contributed by atoms with Crippen LogP contribution in [0.4, 0.5) is 0 Å². The van der Waals surface area contributed by atoms with E-state index < -0.39 is 0 Å². The summed E-state index contributed by atoms with van der Waals surface area (Å²) in [6, 6.07) is 0. The Hall–Kier alpha value is 0. The van der Waals surface area contributed by atoms with E-state index in [1.807, 2.05) is 0 Å². The first-order valence-electron chi connectivity index (χ1n) is 8.28. The maximum Gasteiger partial charge on any atom is -0.0318 e. The molecule has 0 aromatic carbocycles. The van der Waals surface area contributed by atoms with Gasteiger partial charge < -0.3 is 0 Å². The summed E-state index contributed by atoms with van der Waals surface area (Å²) in [6.45, 7) is 9.77. The van der Waals surface area contributed by atoms with Gasteiger partial charge in [0.2, 0.25) is 0 Å². The van der Waals surface area contributed by atoms with Crippen LogP contribution in [0.25, 0.3) is 0 Å². The third-order valence-corrected chi connectivity index (χ3v) is 7.05. The third-order valence-electron chi connectivity index (χ3n) is 7.05. The molecular formula is C17H30. The SMILES string of the molecule is CCC1C(CC)C2CC1C1C(CC)C(CC)C21. The van der Waals surface area contributed by atoms with Gasteiger partial charge in [0.1, 0.15) is 0 Å². The highest BCUT2D eigenvalue weighted by molar-refractivity contribution is 5.13. The molecular weight excluding hydrogens is 204 g/mol. The number of fused-ring (bicyclic) bond motifs is 5. The van der Waals surface area contributed by atoms with Gasteiger partial charge in [-0.15, -0.1) is 0 Å². The standard InChI is InChI=1S/C17H30/c1-5-10-11(6-2)15-9-14(10)16-12(7-3)13(8-4)17(15)16/h10-17H,5-9H2,1-4H3. The Morgan fingerprint density at radius 2 is 0.941 bits per heavy atom. The van der Waals surface area contributed by atoms with Crippen molar-refractivity contribution < 1.29 is 0 Å². The van der Waals surface area contributed by atoms with Gasteiger partial charge >= 0.3 is 0 Å². The topological polar surface area (TPSA) is 0 Å². The van der Waals surface area contributed by atoms with Gasteiger partial charge in [-0.2, -0.15) is 0 Å². The van der Waals surface area contributed by atoms with Crippen molar-refractivity contribution in [3.8, 4) is 0 Å². The molecule has 0 heteroatoms. The van der Waals surface area contributed by atoms with E-state index in [1.54, 1.807) is 6.42 Å². The Morgan fingerprint density at radius 1 is 0.588 bits per heavy atom. The third kappa shape index (κ3) is 1.36. The van der Waals surface area contributed by atoms with E-state index in [1.165, 1.54) is 25.7 Å². The van der Waals surface area contributed by atoms with Crippen molar-refractivity contribution in [3.63, 3.8) is 0 Å². The monoisotopic (exact) mass is 234 g/mol. The number of rotatable bonds is 4. The first-order chi connectivity index (χ1) is 8.28. The molecule has 0 N–H and O–H groups in total. The van der Waals surface area contributed by atoms with Crippen molar-refractivity contribution in [3.05, 3.63) is 0 Å². The molecule has 8 atom stereocenters. The second-order valence-corrected chi connectivity index (χ2v) is 7.01. The van der Waals surface area contributed by atoms with Crippen molar-refractivity contribution >= 4 is 0 Å². The average Bonchev–Trinajstić information content (AvgIpc) is 2.81. The molecule has 17 heavy (non-hydrogen) atoms. The van der Waals surface area contributed by atoms with Crippen LogP contribution in [0, 0.1) is 47.3 Å². The smallest absolute Gasteiger partial charge is 0.0318 e. The molecule has 0 spiro atoms. The van der Waals surface area contributed by atoms with E-state index in [0.29, 0.717) is 0 Å². The first kappa shape index (κ1) is 12.1. The lowest BCUT2D eigenvalue weighted by molar-refractivity contribution is -0.103. The lowest BCUT2D eigenvalue weighted by Gasteiger charge is -2.58. The summed E-state index contributed by atoms with van der Waals surface area (Å²) in [5, 5.41) is 0. The molecule has 0 nitrogen and oxygen atoms in total. The fraction of sp³-hybridized carbons (Fsp3) is 1.00. The Kier molecular flexibility index (Phi) is 3.04. The zero-order valence-corrected chi connectivity index (χ0v) is 12.2. The lowest BCUT2D eigenvalue weighted by atomic mass is 9.47. The van der Waals surface area contributed by atoms with Crippen LogP contribution < -0.4 is 0 Å². The number of hydrogen-bond donors (Lipinski definition) is 0. The number of hydrogen-bond acceptors (Lipinski definition) is 0. The van der Waals surface area contributed by atoms with E-state index in [9.17, 15) is 0 Å². The van der Waals surface area contributed by atoms with Crippen LogP contribution in [-0.4, -0.2) is 0 Å². The average molecular weight is 234 g/mol. The largest absolute Gasteiger partial charge is 0.0651 e. The van der Waals surface area contributed by atoms with E-state index in [2.05, 4.69) is 27.7 Å². The van der Waals surface area contributed by atoms with Crippen LogP contribution in [-0.2, 0) is 0 Å². The summed E-state index contributed by atoms with van der Waals surface area (Å²) in [6.07, 6.45) is 7.43. The van der Waals surface area contributed by atoms with Crippen LogP contribution in [0.15, 0.2) is 0 Å². The Bertz CT molecular complexity index is 250. The summed E-state index contributed by atoms with van der Waals surface area (Å²) in [4.78, 5) is 0. The maximum atomic E-state index is 2.44. The zero-order chi connectivity index (χ0) is 12.2. The molecule has 0 saturated heterocycles. The van der Waals surface area contributed by atoms with E-state index in [-0.39, 0.29) is 0 Å². The van der Waals surface area contributed by atoms with Crippen molar-refractivity contribution in [1.29, 1.82) is 0 Å².